The Hall–Kier alpha value is -2.66. The molecule has 6 N–H and O–H groups in total. The van der Waals surface area contributed by atoms with Crippen molar-refractivity contribution in [2.75, 3.05) is 31.9 Å². The maximum absolute atomic E-state index is 12.7. The number of nitrogens with one attached hydrogen (secondary N) is 6. The van der Waals surface area contributed by atoms with E-state index in [0.717, 1.165) is 84.9 Å². The molecular weight excluding hydrogens is 1310 g/mol. The smallest absolute Gasteiger partial charge is 0.744 e. The van der Waals surface area contributed by atoms with Crippen LogP contribution < -0.4 is 209 Å². The molecule has 0 unspecified atom stereocenters. The molecule has 0 amide bonds. The van der Waals surface area contributed by atoms with Gasteiger partial charge in [0.1, 0.15) is 60.7 Å². The normalized spacial score (nSPS) is 11.6. The van der Waals surface area contributed by atoms with Crippen LogP contribution in [0, 0.1) is 0 Å². The molecular formula is C44H30N12Na6O18S6. The van der Waals surface area contributed by atoms with Crippen LogP contribution in [0.5, 0.6) is 0 Å². The Morgan fingerprint density at radius 3 is 0.605 bits per heavy atom. The average molecular weight is 1350 g/mol. The van der Waals surface area contributed by atoms with Crippen LogP contribution in [0.1, 0.15) is 11.1 Å². The van der Waals surface area contributed by atoms with Crippen LogP contribution in [0.15, 0.2) is 163 Å². The van der Waals surface area contributed by atoms with Crippen LogP contribution >= 0.6 is 0 Å². The van der Waals surface area contributed by atoms with Crippen molar-refractivity contribution in [1.29, 1.82) is 0 Å². The van der Waals surface area contributed by atoms with Crippen LogP contribution in [0.2, 0.25) is 0 Å². The number of aromatic nitrogens is 6. The van der Waals surface area contributed by atoms with E-state index in [0.29, 0.717) is 0 Å². The van der Waals surface area contributed by atoms with Gasteiger partial charge in [-0.3, -0.25) is 0 Å². The summed E-state index contributed by atoms with van der Waals surface area (Å²) < 4.78 is 214. The second-order valence-electron chi connectivity index (χ2n) is 16.0. The molecule has 8 rings (SSSR count). The van der Waals surface area contributed by atoms with E-state index in [-0.39, 0.29) is 258 Å². The first-order valence-electron chi connectivity index (χ1n) is 21.6. The summed E-state index contributed by atoms with van der Waals surface area (Å²) >= 11 is 0. The van der Waals surface area contributed by atoms with Crippen LogP contribution in [-0.4, -0.2) is 108 Å². The largest absolute Gasteiger partial charge is 1.00 e. The Morgan fingerprint density at radius 1 is 0.256 bits per heavy atom. The Balaban J connectivity index is 0.00000420. The summed E-state index contributed by atoms with van der Waals surface area (Å²) in [6.45, 7) is 0. The van der Waals surface area contributed by atoms with E-state index in [1.54, 1.807) is 0 Å². The number of nitrogens with zero attached hydrogens (tertiary/aromatic N) is 6. The van der Waals surface area contributed by atoms with Gasteiger partial charge in [0.15, 0.2) is 0 Å². The molecule has 416 valence electrons. The molecule has 0 bridgehead atoms. The molecule has 0 aliphatic carbocycles. The van der Waals surface area contributed by atoms with Gasteiger partial charge in [-0.25, -0.2) is 50.5 Å². The molecule has 2 heterocycles. The third kappa shape index (κ3) is 22.6. The maximum atomic E-state index is 12.7. The fourth-order valence-corrected chi connectivity index (χ4v) is 10.1. The van der Waals surface area contributed by atoms with Gasteiger partial charge in [0.05, 0.1) is 29.4 Å². The van der Waals surface area contributed by atoms with Crippen molar-refractivity contribution < 1.29 is 255 Å². The maximum Gasteiger partial charge on any atom is 1.00 e. The molecule has 30 nitrogen and oxygen atoms in total. The molecule has 8 aromatic rings. The summed E-state index contributed by atoms with van der Waals surface area (Å²) in [6, 6.07) is 24.2. The van der Waals surface area contributed by atoms with Gasteiger partial charge in [0.25, 0.3) is 0 Å². The minimum atomic E-state index is -5.36. The second-order valence-corrected chi connectivity index (χ2v) is 24.2. The third-order valence-electron chi connectivity index (χ3n) is 10.4. The van der Waals surface area contributed by atoms with E-state index in [4.69, 9.17) is 0 Å². The molecule has 42 heteroatoms. The van der Waals surface area contributed by atoms with E-state index in [2.05, 4.69) is 61.8 Å². The number of anilines is 12. The van der Waals surface area contributed by atoms with Crippen molar-refractivity contribution in [3.05, 3.63) is 145 Å². The van der Waals surface area contributed by atoms with Crippen molar-refractivity contribution >= 4 is 143 Å². The molecule has 6 aromatic carbocycles. The van der Waals surface area contributed by atoms with Crippen LogP contribution in [0.3, 0.4) is 0 Å². The number of rotatable bonds is 20. The van der Waals surface area contributed by atoms with E-state index in [9.17, 15) is 77.8 Å². The topological polar surface area (TPSA) is 493 Å². The minimum Gasteiger partial charge on any atom is -0.744 e. The number of benzene rings is 6. The van der Waals surface area contributed by atoms with Gasteiger partial charge in [0.2, 0.25) is 35.7 Å². The van der Waals surface area contributed by atoms with Gasteiger partial charge < -0.3 is 59.2 Å². The van der Waals surface area contributed by atoms with E-state index in [1.807, 2.05) is 0 Å². The van der Waals surface area contributed by atoms with Crippen molar-refractivity contribution in [3.8, 4) is 0 Å². The summed E-state index contributed by atoms with van der Waals surface area (Å²) in [4.78, 5) is 21.3. The van der Waals surface area contributed by atoms with Gasteiger partial charge in [-0.1, -0.05) is 24.3 Å². The molecule has 0 saturated heterocycles. The Kier molecular flexibility index (Phi) is 30.1. The number of hydrogen-bond acceptors (Lipinski definition) is 30. The first-order chi connectivity index (χ1) is 37.3. The molecule has 0 fully saturated rings. The molecule has 86 heavy (non-hydrogen) atoms. The molecule has 0 aliphatic heterocycles. The minimum absolute atomic E-state index is 0. The van der Waals surface area contributed by atoms with Crippen LogP contribution in [0.25, 0.3) is 12.2 Å². The van der Waals surface area contributed by atoms with Crippen molar-refractivity contribution in [2.45, 2.75) is 29.4 Å². The van der Waals surface area contributed by atoms with Crippen molar-refractivity contribution in [1.82, 2.24) is 29.9 Å². The zero-order valence-corrected chi connectivity index (χ0v) is 62.2. The average Bonchev–Trinajstić information content (AvgIpc) is 3.58. The predicted octanol–water partition coefficient (Wildman–Crippen LogP) is -13.9. The molecule has 0 atom stereocenters. The van der Waals surface area contributed by atoms with Gasteiger partial charge >= 0.3 is 177 Å². The fraction of sp³-hybridized carbons (Fsp3) is 0. The monoisotopic (exact) mass is 1340 g/mol. The van der Waals surface area contributed by atoms with Crippen molar-refractivity contribution in [2.24, 2.45) is 0 Å². The summed E-state index contributed by atoms with van der Waals surface area (Å²) in [5.74, 6) is -1.72. The van der Waals surface area contributed by atoms with Gasteiger partial charge in [0, 0.05) is 34.1 Å². The standard InChI is InChI=1S/C44H36N12O18S6.6Na/c57-75(58,59)33-15-7-27(8-16-33)45-39-51-40(46-28-9-17-34(18-10-28)76(60,61)62)54-43(53-39)49-31-5-3-25(37(23-31)79(69,70)71)1-2-26-4-6-32(24-38(26)80(72,73)74)50-44-55-41(47-29-11-19-35(20-12-29)77(63,64)65)52-42(56-44)48-30-13-21-36(22-14-30)78(66,67)68;;;;;;/h1-24H,(H,57,58,59)(H,60,61,62)(H,63,64,65)(H,66,67,68)(H,69,70,71)(H,72,73,74)(H3,45,46,49,51,53,54)(H3,47,48,50,52,55,56);;;;;;/q;6*+1/p-6. The Labute approximate surface area is 624 Å². The molecule has 0 aliphatic rings. The van der Waals surface area contributed by atoms with E-state index >= 15 is 0 Å². The summed E-state index contributed by atoms with van der Waals surface area (Å²) in [7, 11) is -30.0. The van der Waals surface area contributed by atoms with Crippen LogP contribution in [0.4, 0.5) is 69.8 Å². The third-order valence-corrected chi connectivity index (χ3v) is 15.6. The van der Waals surface area contributed by atoms with Crippen LogP contribution in [-0.2, 0) is 60.7 Å². The zero-order chi connectivity index (χ0) is 58.0. The molecule has 2 aromatic heterocycles. The Bertz CT molecular complexity index is 4010. The predicted molar refractivity (Wildman–Crippen MR) is 275 cm³/mol. The fourth-order valence-electron chi connectivity index (χ4n) is 6.79. The zero-order valence-electron chi connectivity index (χ0n) is 45.3. The summed E-state index contributed by atoms with van der Waals surface area (Å²) in [6.07, 6.45) is 2.04. The van der Waals surface area contributed by atoms with Gasteiger partial charge in [-0.05, 0) is 132 Å². The van der Waals surface area contributed by atoms with E-state index in [1.165, 1.54) is 60.7 Å². The molecule has 0 spiro atoms. The molecule has 0 saturated carbocycles. The summed E-state index contributed by atoms with van der Waals surface area (Å²) in [5.41, 5.74) is -0.264. The quantitative estimate of drug-likeness (QED) is 0.0234. The van der Waals surface area contributed by atoms with E-state index < -0.39 is 90.1 Å². The number of hydrogen-bond donors (Lipinski definition) is 6. The van der Waals surface area contributed by atoms with Gasteiger partial charge in [-0.2, -0.15) is 29.9 Å². The van der Waals surface area contributed by atoms with Crippen molar-refractivity contribution in [3.63, 3.8) is 0 Å². The van der Waals surface area contributed by atoms with Gasteiger partial charge in [-0.15, -0.1) is 0 Å². The second kappa shape index (κ2) is 32.6. The first-order valence-corrected chi connectivity index (χ1v) is 30.0. The summed E-state index contributed by atoms with van der Waals surface area (Å²) in [5, 5.41) is 16.5. The first kappa shape index (κ1) is 79.4. The Morgan fingerprint density at radius 2 is 0.430 bits per heavy atom. The molecule has 0 radical (unpaired) electrons. The SMILES string of the molecule is O=S(=O)([O-])c1ccc(Nc2nc(Nc3ccc(S(=O)(=O)[O-])cc3)nc(Nc3ccc(C=Cc4ccc(Nc5nc(Nc6ccc(S(=O)(=O)[O-])cc6)nc(Nc6ccc(S(=O)(=O)[O-])cc6)n5)cc4S(=O)(=O)[O-])c(S(=O)(=O)[O-])c3)n2)cc1.[Na+].[Na+].[Na+].[Na+].[Na+].[Na+].